The average molecular weight is 292 g/mol. The second-order valence-corrected chi connectivity index (χ2v) is 6.82. The molecule has 1 aromatic heterocycles. The minimum absolute atomic E-state index is 0.0675. The van der Waals surface area contributed by atoms with Gasteiger partial charge in [-0.25, -0.2) is 8.42 Å². The summed E-state index contributed by atoms with van der Waals surface area (Å²) in [5, 5.41) is 3.84. The monoisotopic (exact) mass is 291 g/mol. The van der Waals surface area contributed by atoms with Gasteiger partial charge in [0.2, 0.25) is 5.91 Å². The zero-order valence-electron chi connectivity index (χ0n) is 9.91. The average Bonchev–Trinajstić information content (AvgIpc) is 2.78. The fourth-order valence-electron chi connectivity index (χ4n) is 2.10. The van der Waals surface area contributed by atoms with Crippen LogP contribution in [0.1, 0.15) is 25.8 Å². The predicted molar refractivity (Wildman–Crippen MR) is 65.8 cm³/mol. The molecular weight excluding hydrogens is 278 g/mol. The molecule has 8 heteroatoms. The summed E-state index contributed by atoms with van der Waals surface area (Å²) in [6.07, 6.45) is 3.15. The minimum atomic E-state index is -3.77. The van der Waals surface area contributed by atoms with Gasteiger partial charge in [-0.05, 0) is 18.9 Å². The molecule has 0 bridgehead atoms. The van der Waals surface area contributed by atoms with Crippen molar-refractivity contribution >= 4 is 25.6 Å². The van der Waals surface area contributed by atoms with Gasteiger partial charge in [-0.1, -0.05) is 0 Å². The Hall–Kier alpha value is -1.08. The summed E-state index contributed by atoms with van der Waals surface area (Å²) >= 11 is 0. The molecule has 100 valence electrons. The molecule has 1 saturated heterocycles. The van der Waals surface area contributed by atoms with Gasteiger partial charge < -0.3 is 4.90 Å². The number of amides is 1. The summed E-state index contributed by atoms with van der Waals surface area (Å²) in [6.45, 7) is 2.89. The van der Waals surface area contributed by atoms with Gasteiger partial charge >= 0.3 is 0 Å². The van der Waals surface area contributed by atoms with Gasteiger partial charge in [-0.15, -0.1) is 0 Å². The number of piperidine rings is 1. The van der Waals surface area contributed by atoms with Gasteiger partial charge in [0.15, 0.2) is 5.03 Å². The van der Waals surface area contributed by atoms with Crippen LogP contribution in [0.2, 0.25) is 0 Å². The van der Waals surface area contributed by atoms with Gasteiger partial charge in [0.1, 0.15) is 0 Å². The Balaban J connectivity index is 2.06. The zero-order chi connectivity index (χ0) is 13.3. The Morgan fingerprint density at radius 1 is 1.44 bits per heavy atom. The van der Waals surface area contributed by atoms with E-state index in [1.165, 1.54) is 6.07 Å². The lowest BCUT2D eigenvalue weighted by atomic mass is 10.1. The number of rotatable bonds is 2. The van der Waals surface area contributed by atoms with Crippen molar-refractivity contribution in [3.8, 4) is 0 Å². The number of hydrogen-bond donors (Lipinski definition) is 0. The molecule has 1 amide bonds. The van der Waals surface area contributed by atoms with Gasteiger partial charge in [-0.2, -0.15) is 5.10 Å². The van der Waals surface area contributed by atoms with Crippen LogP contribution in [-0.2, 0) is 13.8 Å². The second kappa shape index (κ2) is 4.89. The normalized spacial score (nSPS) is 18.0. The highest BCUT2D eigenvalue weighted by atomic mass is 35.7. The molecule has 1 aliphatic heterocycles. The summed E-state index contributed by atoms with van der Waals surface area (Å²) in [5.74, 6) is 0.0675. The number of hydrogen-bond acceptors (Lipinski definition) is 4. The molecule has 0 atom stereocenters. The van der Waals surface area contributed by atoms with E-state index in [1.54, 1.807) is 22.7 Å². The molecule has 0 saturated carbocycles. The van der Waals surface area contributed by atoms with E-state index >= 15 is 0 Å². The quantitative estimate of drug-likeness (QED) is 0.762. The van der Waals surface area contributed by atoms with Crippen molar-refractivity contribution in [2.24, 2.45) is 0 Å². The van der Waals surface area contributed by atoms with E-state index in [9.17, 15) is 13.2 Å². The Kier molecular flexibility index (Phi) is 3.63. The molecule has 18 heavy (non-hydrogen) atoms. The van der Waals surface area contributed by atoms with E-state index in [-0.39, 0.29) is 17.0 Å². The minimum Gasteiger partial charge on any atom is -0.343 e. The largest absolute Gasteiger partial charge is 0.343 e. The van der Waals surface area contributed by atoms with Crippen LogP contribution in [0.15, 0.2) is 17.3 Å². The maximum atomic E-state index is 11.2. The first-order valence-electron chi connectivity index (χ1n) is 5.63. The van der Waals surface area contributed by atoms with Crippen molar-refractivity contribution in [1.82, 2.24) is 14.7 Å². The summed E-state index contributed by atoms with van der Waals surface area (Å²) in [7, 11) is 1.45. The number of nitrogens with zero attached hydrogens (tertiary/aromatic N) is 3. The smallest absolute Gasteiger partial charge is 0.280 e. The van der Waals surface area contributed by atoms with Crippen LogP contribution in [0.4, 0.5) is 0 Å². The lowest BCUT2D eigenvalue weighted by molar-refractivity contribution is -0.130. The van der Waals surface area contributed by atoms with Gasteiger partial charge in [0, 0.05) is 36.9 Å². The van der Waals surface area contributed by atoms with Crippen LogP contribution >= 0.6 is 10.7 Å². The lowest BCUT2D eigenvalue weighted by Crippen LogP contribution is -2.37. The number of likely N-dealkylation sites (tertiary alicyclic amines) is 1. The Labute approximate surface area is 110 Å². The van der Waals surface area contributed by atoms with Crippen LogP contribution < -0.4 is 0 Å². The predicted octanol–water partition coefficient (Wildman–Crippen LogP) is 0.994. The molecule has 6 nitrogen and oxygen atoms in total. The van der Waals surface area contributed by atoms with E-state index in [4.69, 9.17) is 10.7 Å². The third-order valence-corrected chi connectivity index (χ3v) is 4.31. The first kappa shape index (κ1) is 13.4. The third kappa shape index (κ3) is 2.84. The summed E-state index contributed by atoms with van der Waals surface area (Å²) < 4.78 is 23.8. The molecule has 0 aromatic carbocycles. The highest BCUT2D eigenvalue weighted by Crippen LogP contribution is 2.23. The standard InChI is InChI=1S/C10H14ClN3O3S/c1-8(15)13-5-2-9(3-6-13)14-7-4-10(12-14)18(11,16)17/h4,7,9H,2-3,5-6H2,1H3. The molecular formula is C10H14ClN3O3S. The summed E-state index contributed by atoms with van der Waals surface area (Å²) in [6, 6.07) is 1.51. The van der Waals surface area contributed by atoms with Gasteiger partial charge in [0.25, 0.3) is 9.05 Å². The Bertz CT molecular complexity index is 546. The lowest BCUT2D eigenvalue weighted by Gasteiger charge is -2.31. The summed E-state index contributed by atoms with van der Waals surface area (Å²) in [4.78, 5) is 13.0. The molecule has 0 radical (unpaired) electrons. The highest BCUT2D eigenvalue weighted by molar-refractivity contribution is 8.13. The fourth-order valence-corrected chi connectivity index (χ4v) is 2.76. The van der Waals surface area contributed by atoms with Crippen LogP contribution in [0.25, 0.3) is 0 Å². The molecule has 0 spiro atoms. The van der Waals surface area contributed by atoms with Crippen LogP contribution in [0.5, 0.6) is 0 Å². The van der Waals surface area contributed by atoms with Crippen molar-refractivity contribution in [2.75, 3.05) is 13.1 Å². The highest BCUT2D eigenvalue weighted by Gasteiger charge is 2.23. The first-order valence-corrected chi connectivity index (χ1v) is 7.94. The van der Waals surface area contributed by atoms with Crippen molar-refractivity contribution in [3.05, 3.63) is 12.3 Å². The fraction of sp³-hybridized carbons (Fsp3) is 0.600. The van der Waals surface area contributed by atoms with Crippen molar-refractivity contribution in [2.45, 2.75) is 30.8 Å². The SMILES string of the molecule is CC(=O)N1CCC(n2ccc(S(=O)(=O)Cl)n2)CC1. The summed E-state index contributed by atoms with van der Waals surface area (Å²) in [5.41, 5.74) is 0. The van der Waals surface area contributed by atoms with E-state index in [1.807, 2.05) is 0 Å². The number of halogens is 1. The molecule has 2 rings (SSSR count). The van der Waals surface area contributed by atoms with Crippen LogP contribution in [0.3, 0.4) is 0 Å². The Morgan fingerprint density at radius 3 is 2.50 bits per heavy atom. The molecule has 1 aliphatic rings. The molecule has 0 N–H and O–H groups in total. The molecule has 1 aromatic rings. The van der Waals surface area contributed by atoms with E-state index in [0.29, 0.717) is 13.1 Å². The first-order chi connectivity index (χ1) is 8.38. The van der Waals surface area contributed by atoms with Crippen LogP contribution in [-0.4, -0.2) is 42.1 Å². The maximum Gasteiger partial charge on any atom is 0.280 e. The number of aromatic nitrogens is 2. The number of carbonyl (C=O) groups is 1. The van der Waals surface area contributed by atoms with Crippen molar-refractivity contribution < 1.29 is 13.2 Å². The van der Waals surface area contributed by atoms with E-state index < -0.39 is 9.05 Å². The third-order valence-electron chi connectivity index (χ3n) is 3.12. The molecule has 1 fully saturated rings. The number of carbonyl (C=O) groups excluding carboxylic acids is 1. The van der Waals surface area contributed by atoms with Gasteiger partial charge in [0.05, 0.1) is 6.04 Å². The van der Waals surface area contributed by atoms with Crippen molar-refractivity contribution in [3.63, 3.8) is 0 Å². The van der Waals surface area contributed by atoms with E-state index in [2.05, 4.69) is 5.10 Å². The van der Waals surface area contributed by atoms with Crippen molar-refractivity contribution in [1.29, 1.82) is 0 Å². The van der Waals surface area contributed by atoms with Gasteiger partial charge in [-0.3, -0.25) is 9.48 Å². The molecule has 2 heterocycles. The topological polar surface area (TPSA) is 72.3 Å². The maximum absolute atomic E-state index is 11.2. The van der Waals surface area contributed by atoms with Crippen LogP contribution in [0, 0.1) is 0 Å². The molecule has 0 aliphatic carbocycles. The molecule has 0 unspecified atom stereocenters. The Morgan fingerprint density at radius 2 is 2.06 bits per heavy atom. The second-order valence-electron chi connectivity index (χ2n) is 4.31. The van der Waals surface area contributed by atoms with E-state index in [0.717, 1.165) is 12.8 Å². The zero-order valence-corrected chi connectivity index (χ0v) is 11.5.